The van der Waals surface area contributed by atoms with E-state index in [9.17, 15) is 0 Å². The first-order valence-electron chi connectivity index (χ1n) is 14.5. The quantitative estimate of drug-likeness (QED) is 0.143. The van der Waals surface area contributed by atoms with E-state index in [4.69, 9.17) is 9.47 Å². The van der Waals surface area contributed by atoms with Gasteiger partial charge in [-0.15, -0.1) is 0 Å². The minimum Gasteiger partial charge on any atom is -0.379 e. The lowest BCUT2D eigenvalue weighted by Gasteiger charge is -2.20. The first-order chi connectivity index (χ1) is 16.2. The van der Waals surface area contributed by atoms with Crippen LogP contribution in [0.2, 0.25) is 0 Å². The Hall–Kier alpha value is -0.860. The maximum Gasteiger partial charge on any atom is 0.0815 e. The van der Waals surface area contributed by atoms with Crippen LogP contribution in [-0.2, 0) is 16.1 Å². The van der Waals surface area contributed by atoms with E-state index in [1.807, 2.05) is 0 Å². The van der Waals surface area contributed by atoms with Gasteiger partial charge < -0.3 is 9.47 Å². The molecule has 1 aromatic carbocycles. The Morgan fingerprint density at radius 2 is 1.12 bits per heavy atom. The summed E-state index contributed by atoms with van der Waals surface area (Å²) in [6.45, 7) is 9.10. The third-order valence-corrected chi connectivity index (χ3v) is 6.51. The smallest absolute Gasteiger partial charge is 0.0815 e. The Labute approximate surface area is 207 Å². The van der Waals surface area contributed by atoms with E-state index in [1.54, 1.807) is 0 Å². The van der Waals surface area contributed by atoms with Crippen LogP contribution in [-0.4, -0.2) is 19.3 Å². The van der Waals surface area contributed by atoms with E-state index in [0.29, 0.717) is 12.5 Å². The molecule has 0 radical (unpaired) electrons. The molecule has 192 valence electrons. The Morgan fingerprint density at radius 3 is 1.61 bits per heavy atom. The van der Waals surface area contributed by atoms with E-state index < -0.39 is 0 Å². The van der Waals surface area contributed by atoms with Crippen molar-refractivity contribution in [1.82, 2.24) is 0 Å². The highest BCUT2D eigenvalue weighted by Crippen LogP contribution is 2.15. The summed E-state index contributed by atoms with van der Waals surface area (Å²) in [5.41, 5.74) is 1.24. The van der Waals surface area contributed by atoms with Gasteiger partial charge in [0.2, 0.25) is 0 Å². The molecule has 2 nitrogen and oxygen atoms in total. The summed E-state index contributed by atoms with van der Waals surface area (Å²) >= 11 is 0. The second-order valence-electron chi connectivity index (χ2n) is 10.4. The van der Waals surface area contributed by atoms with Crippen LogP contribution in [0, 0.1) is 5.92 Å². The van der Waals surface area contributed by atoms with Gasteiger partial charge in [0.25, 0.3) is 0 Å². The molecule has 0 amide bonds. The zero-order chi connectivity index (χ0) is 23.8. The fourth-order valence-electron chi connectivity index (χ4n) is 4.47. The number of rotatable bonds is 24. The highest BCUT2D eigenvalue weighted by molar-refractivity contribution is 5.13. The number of ether oxygens (including phenoxy) is 2. The normalized spacial score (nSPS) is 12.5. The van der Waals surface area contributed by atoms with E-state index in [2.05, 4.69) is 51.1 Å². The van der Waals surface area contributed by atoms with Gasteiger partial charge in [0.15, 0.2) is 0 Å². The van der Waals surface area contributed by atoms with E-state index >= 15 is 0 Å². The van der Waals surface area contributed by atoms with Gasteiger partial charge in [-0.25, -0.2) is 0 Å². The minimum atomic E-state index is 0.200. The monoisotopic (exact) mass is 460 g/mol. The van der Waals surface area contributed by atoms with Crippen molar-refractivity contribution in [2.75, 3.05) is 13.2 Å². The summed E-state index contributed by atoms with van der Waals surface area (Å²) in [5, 5.41) is 0. The molecular weight excluding hydrogens is 404 g/mol. The average Bonchev–Trinajstić information content (AvgIpc) is 2.82. The van der Waals surface area contributed by atoms with Crippen LogP contribution in [0.3, 0.4) is 0 Å². The topological polar surface area (TPSA) is 18.5 Å². The maximum atomic E-state index is 6.15. The van der Waals surface area contributed by atoms with E-state index in [-0.39, 0.29) is 6.10 Å². The van der Waals surface area contributed by atoms with Crippen LogP contribution in [0.5, 0.6) is 0 Å². The van der Waals surface area contributed by atoms with Crippen LogP contribution in [0.4, 0.5) is 0 Å². The minimum absolute atomic E-state index is 0.200. The lowest BCUT2D eigenvalue weighted by Crippen LogP contribution is -2.22. The van der Waals surface area contributed by atoms with Gasteiger partial charge in [-0.05, 0) is 24.3 Å². The molecule has 0 aliphatic heterocycles. The van der Waals surface area contributed by atoms with Crippen molar-refractivity contribution in [3.63, 3.8) is 0 Å². The van der Waals surface area contributed by atoms with Crippen LogP contribution in [0.1, 0.15) is 135 Å². The van der Waals surface area contributed by atoms with E-state index in [1.165, 1.54) is 108 Å². The molecule has 0 spiro atoms. The summed E-state index contributed by atoms with van der Waals surface area (Å²) in [6, 6.07) is 10.5. The lowest BCUT2D eigenvalue weighted by atomic mass is 10.0. The van der Waals surface area contributed by atoms with Crippen LogP contribution in [0.25, 0.3) is 0 Å². The standard InChI is InChI=1S/C31H56O2/c1-4-5-6-7-8-9-10-11-12-13-14-15-16-17-18-22-25-32-28-31(26-29(2)3)33-27-30-23-20-19-21-24-30/h19-21,23-24,29,31H,4-18,22,25-28H2,1-3H3. The van der Waals surface area contributed by atoms with Crippen molar-refractivity contribution >= 4 is 0 Å². The second-order valence-corrected chi connectivity index (χ2v) is 10.4. The second kappa shape index (κ2) is 22.9. The first-order valence-corrected chi connectivity index (χ1v) is 14.5. The molecule has 2 heteroatoms. The average molecular weight is 461 g/mol. The Morgan fingerprint density at radius 1 is 0.636 bits per heavy atom. The van der Waals surface area contributed by atoms with Crippen molar-refractivity contribution in [2.24, 2.45) is 5.92 Å². The Balaban J connectivity index is 1.87. The molecule has 0 saturated heterocycles. The van der Waals surface area contributed by atoms with Crippen molar-refractivity contribution in [2.45, 2.75) is 143 Å². The fraction of sp³-hybridized carbons (Fsp3) is 0.806. The molecule has 0 aliphatic carbocycles. The Kier molecular flexibility index (Phi) is 20.9. The van der Waals surface area contributed by atoms with Gasteiger partial charge in [-0.1, -0.05) is 147 Å². The van der Waals surface area contributed by atoms with Crippen molar-refractivity contribution in [3.05, 3.63) is 35.9 Å². The molecule has 0 saturated carbocycles. The summed E-state index contributed by atoms with van der Waals surface area (Å²) in [6.07, 6.45) is 23.8. The van der Waals surface area contributed by atoms with Gasteiger partial charge >= 0.3 is 0 Å². The molecule has 0 heterocycles. The van der Waals surface area contributed by atoms with Crippen LogP contribution in [0.15, 0.2) is 30.3 Å². The number of hydrogen-bond donors (Lipinski definition) is 0. The molecule has 1 unspecified atom stereocenters. The molecule has 0 fully saturated rings. The van der Waals surface area contributed by atoms with Gasteiger partial charge in [0, 0.05) is 6.61 Å². The van der Waals surface area contributed by atoms with E-state index in [0.717, 1.165) is 19.6 Å². The van der Waals surface area contributed by atoms with Crippen LogP contribution >= 0.6 is 0 Å². The number of benzene rings is 1. The first kappa shape index (κ1) is 30.2. The molecule has 1 rings (SSSR count). The van der Waals surface area contributed by atoms with Crippen LogP contribution < -0.4 is 0 Å². The Bertz CT molecular complexity index is 499. The SMILES string of the molecule is CCCCCCCCCCCCCCCCCCOCC(CC(C)C)OCc1ccccc1. The number of unbranched alkanes of at least 4 members (excludes halogenated alkanes) is 15. The predicted molar refractivity (Wildman–Crippen MR) is 145 cm³/mol. The largest absolute Gasteiger partial charge is 0.379 e. The maximum absolute atomic E-state index is 6.15. The van der Waals surface area contributed by atoms with Gasteiger partial charge in [0.05, 0.1) is 19.3 Å². The summed E-state index contributed by atoms with van der Waals surface area (Å²) in [7, 11) is 0. The fourth-order valence-corrected chi connectivity index (χ4v) is 4.47. The summed E-state index contributed by atoms with van der Waals surface area (Å²) in [5.74, 6) is 0.630. The molecule has 0 aromatic heterocycles. The predicted octanol–water partition coefficient (Wildman–Crippen LogP) is 9.90. The van der Waals surface area contributed by atoms with Gasteiger partial charge in [-0.3, -0.25) is 0 Å². The van der Waals surface area contributed by atoms with Crippen molar-refractivity contribution in [3.8, 4) is 0 Å². The molecule has 0 bridgehead atoms. The molecule has 0 N–H and O–H groups in total. The zero-order valence-corrected chi connectivity index (χ0v) is 22.5. The third kappa shape index (κ3) is 20.2. The summed E-state index contributed by atoms with van der Waals surface area (Å²) in [4.78, 5) is 0. The van der Waals surface area contributed by atoms with Crippen molar-refractivity contribution in [1.29, 1.82) is 0 Å². The zero-order valence-electron chi connectivity index (χ0n) is 22.5. The highest BCUT2D eigenvalue weighted by Gasteiger charge is 2.12. The third-order valence-electron chi connectivity index (χ3n) is 6.51. The number of hydrogen-bond acceptors (Lipinski definition) is 2. The molecule has 33 heavy (non-hydrogen) atoms. The van der Waals surface area contributed by atoms with Gasteiger partial charge in [0.1, 0.15) is 0 Å². The molecular formula is C31H56O2. The molecule has 1 aromatic rings. The highest BCUT2D eigenvalue weighted by atomic mass is 16.5. The molecule has 0 aliphatic rings. The van der Waals surface area contributed by atoms with Gasteiger partial charge in [-0.2, -0.15) is 0 Å². The van der Waals surface area contributed by atoms with Crippen molar-refractivity contribution < 1.29 is 9.47 Å². The summed E-state index contributed by atoms with van der Waals surface area (Å²) < 4.78 is 12.1. The lowest BCUT2D eigenvalue weighted by molar-refractivity contribution is -0.0346. The molecule has 1 atom stereocenters.